The Labute approximate surface area is 154 Å². The Morgan fingerprint density at radius 3 is 1.54 bits per heavy atom. The van der Waals surface area contributed by atoms with Crippen LogP contribution in [0.2, 0.25) is 0 Å². The number of rotatable bonds is 6. The number of methoxy groups -OCH3 is 5. The predicted octanol–water partition coefficient (Wildman–Crippen LogP) is 3.77. The van der Waals surface area contributed by atoms with Gasteiger partial charge in [-0.25, -0.2) is 0 Å². The highest BCUT2D eigenvalue weighted by Crippen LogP contribution is 2.34. The van der Waals surface area contributed by atoms with Crippen LogP contribution in [0.5, 0.6) is 28.7 Å². The summed E-state index contributed by atoms with van der Waals surface area (Å²) in [6.07, 6.45) is 1.72. The Kier molecular flexibility index (Phi) is 6.40. The number of hydrogen-bond donors (Lipinski definition) is 0. The van der Waals surface area contributed by atoms with E-state index in [9.17, 15) is 0 Å². The molecular formula is C21H22O5. The lowest BCUT2D eigenvalue weighted by Gasteiger charge is -2.11. The maximum absolute atomic E-state index is 5.41. The van der Waals surface area contributed by atoms with E-state index in [1.54, 1.807) is 53.8 Å². The molecule has 0 amide bonds. The minimum absolute atomic E-state index is 0.577. The van der Waals surface area contributed by atoms with Crippen LogP contribution >= 0.6 is 0 Å². The molecule has 0 N–H and O–H groups in total. The van der Waals surface area contributed by atoms with Crippen molar-refractivity contribution in [2.75, 3.05) is 35.5 Å². The molecular weight excluding hydrogens is 332 g/mol. The van der Waals surface area contributed by atoms with Crippen LogP contribution in [-0.4, -0.2) is 35.5 Å². The molecule has 0 spiro atoms. The van der Waals surface area contributed by atoms with Gasteiger partial charge in [0, 0.05) is 23.8 Å². The Morgan fingerprint density at radius 2 is 1.04 bits per heavy atom. The van der Waals surface area contributed by atoms with Gasteiger partial charge >= 0.3 is 0 Å². The highest BCUT2D eigenvalue weighted by molar-refractivity contribution is 5.66. The quantitative estimate of drug-likeness (QED) is 0.739. The van der Waals surface area contributed by atoms with E-state index in [1.165, 1.54) is 0 Å². The summed E-state index contributed by atoms with van der Waals surface area (Å²) in [7, 11) is 7.90. The van der Waals surface area contributed by atoms with Crippen molar-refractivity contribution in [1.82, 2.24) is 0 Å². The fraction of sp³-hybridized carbons (Fsp3) is 0.238. The molecule has 26 heavy (non-hydrogen) atoms. The molecule has 0 saturated carbocycles. The molecule has 0 heterocycles. The zero-order valence-corrected chi connectivity index (χ0v) is 15.6. The van der Waals surface area contributed by atoms with Crippen LogP contribution in [0.4, 0.5) is 0 Å². The van der Waals surface area contributed by atoms with Gasteiger partial charge in [-0.1, -0.05) is 24.5 Å². The van der Waals surface area contributed by atoms with Gasteiger partial charge in [-0.05, 0) is 11.6 Å². The van der Waals surface area contributed by atoms with Crippen LogP contribution < -0.4 is 23.7 Å². The molecule has 2 aromatic rings. The first-order valence-corrected chi connectivity index (χ1v) is 7.82. The summed E-state index contributed by atoms with van der Waals surface area (Å²) in [5.74, 6) is 9.22. The van der Waals surface area contributed by atoms with Crippen LogP contribution in [0, 0.1) is 11.8 Å². The summed E-state index contributed by atoms with van der Waals surface area (Å²) < 4.78 is 26.7. The molecule has 0 atom stereocenters. The second-order valence-corrected chi connectivity index (χ2v) is 5.16. The lowest BCUT2D eigenvalue weighted by atomic mass is 10.1. The largest absolute Gasteiger partial charge is 0.495 e. The minimum atomic E-state index is 0.577. The van der Waals surface area contributed by atoms with E-state index in [2.05, 4.69) is 18.4 Å². The van der Waals surface area contributed by atoms with Crippen molar-refractivity contribution in [2.24, 2.45) is 0 Å². The van der Waals surface area contributed by atoms with Gasteiger partial charge in [0.2, 0.25) is 0 Å². The van der Waals surface area contributed by atoms with E-state index in [1.807, 2.05) is 12.1 Å². The molecule has 0 saturated heterocycles. The normalized spacial score (nSPS) is 9.58. The number of benzene rings is 2. The van der Waals surface area contributed by atoms with E-state index in [4.69, 9.17) is 23.7 Å². The Hall–Kier alpha value is -3.26. The third kappa shape index (κ3) is 3.86. The van der Waals surface area contributed by atoms with Gasteiger partial charge in [0.1, 0.15) is 5.75 Å². The minimum Gasteiger partial charge on any atom is -0.495 e. The first kappa shape index (κ1) is 19.1. The van der Waals surface area contributed by atoms with Crippen LogP contribution in [-0.2, 0) is 0 Å². The zero-order chi connectivity index (χ0) is 19.1. The summed E-state index contributed by atoms with van der Waals surface area (Å²) in [5.41, 5.74) is 2.28. The van der Waals surface area contributed by atoms with Gasteiger partial charge < -0.3 is 23.7 Å². The molecule has 2 aromatic carbocycles. The fourth-order valence-corrected chi connectivity index (χ4v) is 2.43. The van der Waals surface area contributed by atoms with Crippen molar-refractivity contribution < 1.29 is 23.7 Å². The monoisotopic (exact) mass is 354 g/mol. The second kappa shape index (κ2) is 8.72. The average molecular weight is 354 g/mol. The van der Waals surface area contributed by atoms with Crippen LogP contribution in [0.25, 0.3) is 6.08 Å². The molecule has 5 nitrogen and oxygen atoms in total. The third-order valence-electron chi connectivity index (χ3n) is 3.81. The summed E-state index contributed by atoms with van der Waals surface area (Å²) in [5, 5.41) is 0. The summed E-state index contributed by atoms with van der Waals surface area (Å²) in [6.45, 7) is 3.84. The van der Waals surface area contributed by atoms with Crippen molar-refractivity contribution in [1.29, 1.82) is 0 Å². The highest BCUT2D eigenvalue weighted by Gasteiger charge is 2.11. The summed E-state index contributed by atoms with van der Waals surface area (Å²) in [4.78, 5) is 0. The summed E-state index contributed by atoms with van der Waals surface area (Å²) >= 11 is 0. The molecule has 136 valence electrons. The number of hydrogen-bond acceptors (Lipinski definition) is 5. The second-order valence-electron chi connectivity index (χ2n) is 5.16. The first-order chi connectivity index (χ1) is 12.6. The van der Waals surface area contributed by atoms with Gasteiger partial charge in [-0.2, -0.15) is 0 Å². The van der Waals surface area contributed by atoms with Gasteiger partial charge in [-0.15, -0.1) is 0 Å². The lowest BCUT2D eigenvalue weighted by molar-refractivity contribution is 0.348. The molecule has 0 bridgehead atoms. The molecule has 0 aliphatic rings. The van der Waals surface area contributed by atoms with Crippen LogP contribution in [0.1, 0.15) is 16.7 Å². The van der Waals surface area contributed by atoms with E-state index in [0.717, 1.165) is 11.1 Å². The molecule has 0 unspecified atom stereocenters. The smallest absolute Gasteiger partial charge is 0.164 e. The molecule has 0 aliphatic heterocycles. The molecule has 0 aliphatic carbocycles. The van der Waals surface area contributed by atoms with Crippen molar-refractivity contribution in [3.8, 4) is 40.6 Å². The summed E-state index contributed by atoms with van der Waals surface area (Å²) in [6, 6.07) is 7.17. The van der Waals surface area contributed by atoms with E-state index in [0.29, 0.717) is 34.3 Å². The fourth-order valence-electron chi connectivity index (χ4n) is 2.43. The van der Waals surface area contributed by atoms with Crippen molar-refractivity contribution in [3.63, 3.8) is 0 Å². The Bertz CT molecular complexity index is 859. The molecule has 0 fully saturated rings. The van der Waals surface area contributed by atoms with Gasteiger partial charge in [-0.3, -0.25) is 0 Å². The van der Waals surface area contributed by atoms with Gasteiger partial charge in [0.25, 0.3) is 0 Å². The van der Waals surface area contributed by atoms with Crippen molar-refractivity contribution in [3.05, 3.63) is 47.5 Å². The first-order valence-electron chi connectivity index (χ1n) is 7.82. The van der Waals surface area contributed by atoms with E-state index < -0.39 is 0 Å². The Balaban J connectivity index is 2.57. The van der Waals surface area contributed by atoms with Gasteiger partial charge in [0.15, 0.2) is 23.0 Å². The SMILES string of the molecule is C=Cc1cc(OC)c(OC)cc1C#Cc1cc(OC)c(OC)cc1OC. The predicted molar refractivity (Wildman–Crippen MR) is 102 cm³/mol. The number of ether oxygens (including phenoxy) is 5. The molecule has 0 radical (unpaired) electrons. The Morgan fingerprint density at radius 1 is 0.615 bits per heavy atom. The average Bonchev–Trinajstić information content (AvgIpc) is 2.70. The zero-order valence-electron chi connectivity index (χ0n) is 15.6. The van der Waals surface area contributed by atoms with Crippen LogP contribution in [0.3, 0.4) is 0 Å². The molecule has 5 heteroatoms. The van der Waals surface area contributed by atoms with E-state index in [-0.39, 0.29) is 0 Å². The van der Waals surface area contributed by atoms with Gasteiger partial charge in [0.05, 0.1) is 41.1 Å². The third-order valence-corrected chi connectivity index (χ3v) is 3.81. The standard InChI is InChI=1S/C21H22O5/c1-7-14-10-18(23-3)19(24-4)11-15(14)8-9-16-12-20(25-5)21(26-6)13-17(16)22-2/h7,10-13H,1H2,2-6H3. The van der Waals surface area contributed by atoms with Crippen molar-refractivity contribution >= 4 is 6.08 Å². The lowest BCUT2D eigenvalue weighted by Crippen LogP contribution is -1.95. The maximum Gasteiger partial charge on any atom is 0.164 e. The van der Waals surface area contributed by atoms with E-state index >= 15 is 0 Å². The van der Waals surface area contributed by atoms with Crippen molar-refractivity contribution in [2.45, 2.75) is 0 Å². The topological polar surface area (TPSA) is 46.2 Å². The molecule has 2 rings (SSSR count). The highest BCUT2D eigenvalue weighted by atomic mass is 16.5. The maximum atomic E-state index is 5.41. The van der Waals surface area contributed by atoms with Crippen LogP contribution in [0.15, 0.2) is 30.8 Å². The molecule has 0 aromatic heterocycles.